The van der Waals surface area contributed by atoms with Crippen molar-refractivity contribution in [1.82, 2.24) is 14.5 Å². The van der Waals surface area contributed by atoms with Crippen molar-refractivity contribution < 1.29 is 20.1 Å². The van der Waals surface area contributed by atoms with Crippen LogP contribution >= 0.6 is 0 Å². The zero-order valence-electron chi connectivity index (χ0n) is 19.4. The topological polar surface area (TPSA) is 24.3 Å². The maximum atomic E-state index is 4.75. The molecule has 7 rings (SSSR count). The van der Waals surface area contributed by atoms with Gasteiger partial charge in [-0.2, -0.15) is 54.5 Å². The molecule has 0 saturated carbocycles. The maximum Gasteiger partial charge on any atom is 0.0343 e. The standard InChI is InChI=1S/C20H12N2.C10H10N2.Ir/c1-22-11-17-15-8-4-5-9-16(15)20-19(18(17)12-22)14-7-3-2-6-13(14)10-21-20;1-11-7-8-12(9-11)10-5-3-2-4-6-10;/h2-7,9-10,12H,1H3;2-5,7-9H,1H3;/q2*-2;. The Labute approximate surface area is 218 Å². The molecule has 0 aliphatic carbocycles. The SMILES string of the molecule is CN1C=CN(c2[c-]cccc2)[CH-]1.Cn1[c-]c2c3[c-]cccc3c3ncc4ccccc4c3c2c1.[Ir]. The summed E-state index contributed by atoms with van der Waals surface area (Å²) in [5.41, 5.74) is 2.11. The van der Waals surface area contributed by atoms with Gasteiger partial charge in [0, 0.05) is 31.8 Å². The second-order valence-electron chi connectivity index (χ2n) is 8.40. The molecule has 0 atom stereocenters. The average molecular weight is 631 g/mol. The number of nitrogens with zero attached hydrogens (tertiary/aromatic N) is 4. The van der Waals surface area contributed by atoms with E-state index in [1.54, 1.807) is 0 Å². The van der Waals surface area contributed by atoms with Crippen LogP contribution in [-0.4, -0.2) is 21.5 Å². The van der Waals surface area contributed by atoms with E-state index >= 15 is 0 Å². The predicted octanol–water partition coefficient (Wildman–Crippen LogP) is 6.46. The van der Waals surface area contributed by atoms with E-state index in [0.717, 1.165) is 27.4 Å². The van der Waals surface area contributed by atoms with Gasteiger partial charge in [-0.3, -0.25) is 4.98 Å². The minimum atomic E-state index is 0. The van der Waals surface area contributed by atoms with Crippen molar-refractivity contribution in [3.63, 3.8) is 0 Å². The van der Waals surface area contributed by atoms with Gasteiger partial charge in [-0.15, -0.1) is 35.6 Å². The fourth-order valence-electron chi connectivity index (χ4n) is 4.53. The Morgan fingerprint density at radius 2 is 1.60 bits per heavy atom. The molecule has 4 nitrogen and oxygen atoms in total. The molecular weight excluding hydrogens is 609 g/mol. The molecule has 4 aromatic carbocycles. The fraction of sp³-hybridized carbons (Fsp3) is 0.0667. The molecule has 0 N–H and O–H groups in total. The van der Waals surface area contributed by atoms with E-state index in [2.05, 4.69) is 54.9 Å². The predicted molar refractivity (Wildman–Crippen MR) is 140 cm³/mol. The summed E-state index contributed by atoms with van der Waals surface area (Å²) in [5, 5.41) is 8.14. The average Bonchev–Trinajstić information content (AvgIpc) is 3.50. The number of para-hydroxylation sites is 1. The molecule has 3 heterocycles. The van der Waals surface area contributed by atoms with Gasteiger partial charge in [-0.05, 0) is 37.3 Å². The van der Waals surface area contributed by atoms with Crippen LogP contribution in [0.4, 0.5) is 5.69 Å². The van der Waals surface area contributed by atoms with Crippen LogP contribution in [0.15, 0.2) is 91.5 Å². The smallest absolute Gasteiger partial charge is 0.0343 e. The number of aryl methyl sites for hydroxylation is 1. The second-order valence-corrected chi connectivity index (χ2v) is 8.40. The van der Waals surface area contributed by atoms with E-state index in [0.29, 0.717) is 0 Å². The first-order chi connectivity index (χ1) is 16.7. The molecule has 0 unspecified atom stereocenters. The van der Waals surface area contributed by atoms with Crippen molar-refractivity contribution in [2.24, 2.45) is 7.05 Å². The molecule has 0 spiro atoms. The fourth-order valence-corrected chi connectivity index (χ4v) is 4.53. The first-order valence-electron chi connectivity index (χ1n) is 11.2. The van der Waals surface area contributed by atoms with Gasteiger partial charge in [0.1, 0.15) is 0 Å². The van der Waals surface area contributed by atoms with Crippen LogP contribution in [0.1, 0.15) is 0 Å². The van der Waals surface area contributed by atoms with Crippen LogP contribution in [0.2, 0.25) is 0 Å². The molecular formula is C30H22IrN4-4. The molecule has 1 aliphatic heterocycles. The first-order valence-corrected chi connectivity index (χ1v) is 11.2. The van der Waals surface area contributed by atoms with Gasteiger partial charge in [0.25, 0.3) is 0 Å². The quantitative estimate of drug-likeness (QED) is 0.154. The number of hydrogen-bond donors (Lipinski definition) is 0. The number of aromatic nitrogens is 2. The molecule has 0 saturated heterocycles. The third-order valence-corrected chi connectivity index (χ3v) is 6.05. The van der Waals surface area contributed by atoms with E-state index in [1.165, 1.54) is 21.5 Å². The van der Waals surface area contributed by atoms with Crippen LogP contribution in [-0.2, 0) is 27.2 Å². The van der Waals surface area contributed by atoms with Crippen LogP contribution in [0.3, 0.4) is 0 Å². The first kappa shape index (κ1) is 23.1. The van der Waals surface area contributed by atoms with Crippen LogP contribution in [0, 0.1) is 25.0 Å². The summed E-state index contributed by atoms with van der Waals surface area (Å²) in [4.78, 5) is 8.78. The minimum Gasteiger partial charge on any atom is -0.510 e. The third-order valence-electron chi connectivity index (χ3n) is 6.05. The van der Waals surface area contributed by atoms with Crippen molar-refractivity contribution in [2.75, 3.05) is 11.9 Å². The Balaban J connectivity index is 0.000000167. The second kappa shape index (κ2) is 9.53. The van der Waals surface area contributed by atoms with Gasteiger partial charge in [0.2, 0.25) is 0 Å². The van der Waals surface area contributed by atoms with Gasteiger partial charge >= 0.3 is 0 Å². The Bertz CT molecular complexity index is 1660. The molecule has 175 valence electrons. The number of fused-ring (bicyclic) bond motifs is 8. The molecule has 1 aliphatic rings. The molecule has 1 radical (unpaired) electrons. The summed E-state index contributed by atoms with van der Waals surface area (Å²) < 4.78 is 1.99. The van der Waals surface area contributed by atoms with Crippen LogP contribution < -0.4 is 4.90 Å². The van der Waals surface area contributed by atoms with Gasteiger partial charge < -0.3 is 14.4 Å². The summed E-state index contributed by atoms with van der Waals surface area (Å²) in [6.45, 7) is 2.01. The van der Waals surface area contributed by atoms with Gasteiger partial charge in [0.15, 0.2) is 0 Å². The van der Waals surface area contributed by atoms with E-state index < -0.39 is 0 Å². The molecule has 0 amide bonds. The number of benzene rings is 4. The molecule has 2 aromatic heterocycles. The van der Waals surface area contributed by atoms with Crippen LogP contribution in [0.25, 0.3) is 43.2 Å². The van der Waals surface area contributed by atoms with Gasteiger partial charge in [-0.25, -0.2) is 10.8 Å². The molecule has 0 fully saturated rings. The maximum absolute atomic E-state index is 4.75. The van der Waals surface area contributed by atoms with Crippen molar-refractivity contribution in [1.29, 1.82) is 0 Å². The van der Waals surface area contributed by atoms with E-state index in [1.807, 2.05) is 90.1 Å². The summed E-state index contributed by atoms with van der Waals surface area (Å²) in [6.07, 6.45) is 11.5. The molecule has 0 bridgehead atoms. The monoisotopic (exact) mass is 631 g/mol. The number of hydrogen-bond acceptors (Lipinski definition) is 3. The van der Waals surface area contributed by atoms with Crippen molar-refractivity contribution in [2.45, 2.75) is 0 Å². The zero-order valence-corrected chi connectivity index (χ0v) is 21.8. The Hall–Kier alpha value is -3.66. The summed E-state index contributed by atoms with van der Waals surface area (Å²) >= 11 is 0. The summed E-state index contributed by atoms with van der Waals surface area (Å²) in [7, 11) is 4.01. The summed E-state index contributed by atoms with van der Waals surface area (Å²) in [5.74, 6) is 0. The summed E-state index contributed by atoms with van der Waals surface area (Å²) in [6, 6.07) is 28.9. The van der Waals surface area contributed by atoms with Gasteiger partial charge in [-0.1, -0.05) is 29.7 Å². The molecule has 6 aromatic rings. The number of pyridine rings is 1. The number of rotatable bonds is 1. The third kappa shape index (κ3) is 4.18. The molecule has 5 heteroatoms. The zero-order chi connectivity index (χ0) is 23.1. The minimum absolute atomic E-state index is 0. The number of anilines is 1. The molecule has 35 heavy (non-hydrogen) atoms. The Morgan fingerprint density at radius 3 is 2.40 bits per heavy atom. The van der Waals surface area contributed by atoms with E-state index in [9.17, 15) is 0 Å². The Morgan fingerprint density at radius 1 is 0.800 bits per heavy atom. The largest absolute Gasteiger partial charge is 0.510 e. The van der Waals surface area contributed by atoms with Crippen LogP contribution in [0.5, 0.6) is 0 Å². The normalized spacial score (nSPS) is 12.9. The Kier molecular flexibility index (Phi) is 6.29. The van der Waals surface area contributed by atoms with Crippen molar-refractivity contribution >= 4 is 48.9 Å². The van der Waals surface area contributed by atoms with E-state index in [-0.39, 0.29) is 20.1 Å². The van der Waals surface area contributed by atoms with E-state index in [4.69, 9.17) is 4.98 Å². The van der Waals surface area contributed by atoms with Gasteiger partial charge in [0.05, 0.1) is 0 Å². The van der Waals surface area contributed by atoms with Crippen molar-refractivity contribution in [3.05, 3.63) is 117 Å². The van der Waals surface area contributed by atoms with Crippen molar-refractivity contribution in [3.8, 4) is 0 Å².